The smallest absolute Gasteiger partial charge is 0.253 e. The van der Waals surface area contributed by atoms with Crippen molar-refractivity contribution in [3.63, 3.8) is 0 Å². The molecular weight excluding hydrogens is 352 g/mol. The van der Waals surface area contributed by atoms with Crippen LogP contribution >= 0.6 is 0 Å². The van der Waals surface area contributed by atoms with Gasteiger partial charge in [0.05, 0.1) is 0 Å². The number of nitrogens with zero attached hydrogens (tertiary/aromatic N) is 4. The van der Waals surface area contributed by atoms with Crippen molar-refractivity contribution in [3.05, 3.63) is 72.1 Å². The molecule has 1 fully saturated rings. The first-order chi connectivity index (χ1) is 13.7. The van der Waals surface area contributed by atoms with Gasteiger partial charge in [-0.15, -0.1) is 0 Å². The zero-order chi connectivity index (χ0) is 19.3. The molecule has 1 atom stereocenters. The molecule has 2 heterocycles. The van der Waals surface area contributed by atoms with Gasteiger partial charge in [-0.05, 0) is 37.1 Å². The van der Waals surface area contributed by atoms with Crippen LogP contribution in [0, 0.1) is 0 Å². The van der Waals surface area contributed by atoms with Gasteiger partial charge in [0.2, 0.25) is 12.2 Å². The Morgan fingerprint density at radius 1 is 1.18 bits per heavy atom. The molecular formula is C22H24N4O2. The maximum atomic E-state index is 13.0. The molecule has 2 aromatic carbocycles. The van der Waals surface area contributed by atoms with E-state index in [2.05, 4.69) is 39.3 Å². The number of amides is 1. The molecule has 0 N–H and O–H groups in total. The van der Waals surface area contributed by atoms with Gasteiger partial charge in [0.15, 0.2) is 0 Å². The molecule has 0 saturated carbocycles. The van der Waals surface area contributed by atoms with E-state index in [0.717, 1.165) is 38.0 Å². The average molecular weight is 376 g/mol. The van der Waals surface area contributed by atoms with Gasteiger partial charge in [0.1, 0.15) is 0 Å². The summed E-state index contributed by atoms with van der Waals surface area (Å²) >= 11 is 0. The Morgan fingerprint density at radius 3 is 2.68 bits per heavy atom. The van der Waals surface area contributed by atoms with Crippen molar-refractivity contribution < 1.29 is 9.32 Å². The number of likely N-dealkylation sites (tertiary alicyclic amines) is 1. The number of rotatable bonds is 5. The summed E-state index contributed by atoms with van der Waals surface area (Å²) in [7, 11) is 1.91. The minimum absolute atomic E-state index is 0.0474. The van der Waals surface area contributed by atoms with Gasteiger partial charge in [-0.1, -0.05) is 47.6 Å². The van der Waals surface area contributed by atoms with E-state index in [-0.39, 0.29) is 11.9 Å². The quantitative estimate of drug-likeness (QED) is 0.682. The molecule has 0 aliphatic carbocycles. The minimum atomic E-state index is 0.0474. The number of benzene rings is 2. The normalized spacial score (nSPS) is 17.4. The molecule has 0 spiro atoms. The topological polar surface area (TPSA) is 62.5 Å². The van der Waals surface area contributed by atoms with Crippen LogP contribution in [0.5, 0.6) is 0 Å². The first-order valence-corrected chi connectivity index (χ1v) is 9.61. The highest BCUT2D eigenvalue weighted by molar-refractivity contribution is 5.94. The second-order valence-electron chi connectivity index (χ2n) is 7.26. The SMILES string of the molecule is CN(C(=O)c1ccc(-c2ncon2)cc1)C1CCCN(Cc2ccccc2)C1. The molecule has 6 nitrogen and oxygen atoms in total. The molecule has 0 radical (unpaired) electrons. The van der Waals surface area contributed by atoms with E-state index in [0.29, 0.717) is 11.4 Å². The molecule has 28 heavy (non-hydrogen) atoms. The number of hydrogen-bond acceptors (Lipinski definition) is 5. The van der Waals surface area contributed by atoms with Crippen molar-refractivity contribution in [2.75, 3.05) is 20.1 Å². The maximum Gasteiger partial charge on any atom is 0.253 e. The number of likely N-dealkylation sites (N-methyl/N-ethyl adjacent to an activating group) is 1. The standard InChI is InChI=1S/C22H24N4O2/c1-25(20-8-5-13-26(15-20)14-17-6-3-2-4-7-17)22(27)19-11-9-18(10-12-19)21-23-16-28-24-21/h2-4,6-7,9-12,16,20H,5,8,13-15H2,1H3. The van der Waals surface area contributed by atoms with Crippen LogP contribution in [0.3, 0.4) is 0 Å². The number of hydrogen-bond donors (Lipinski definition) is 0. The Balaban J connectivity index is 1.40. The third-order valence-electron chi connectivity index (χ3n) is 5.35. The van der Waals surface area contributed by atoms with E-state index in [4.69, 9.17) is 4.52 Å². The van der Waals surface area contributed by atoms with Crippen LogP contribution in [0.15, 0.2) is 65.5 Å². The number of carbonyl (C=O) groups excluding carboxylic acids is 1. The third kappa shape index (κ3) is 4.12. The summed E-state index contributed by atoms with van der Waals surface area (Å²) < 4.78 is 4.78. The predicted molar refractivity (Wildman–Crippen MR) is 107 cm³/mol. The molecule has 1 aliphatic rings. The van der Waals surface area contributed by atoms with E-state index >= 15 is 0 Å². The van der Waals surface area contributed by atoms with Gasteiger partial charge >= 0.3 is 0 Å². The number of piperidine rings is 1. The fourth-order valence-corrected chi connectivity index (χ4v) is 3.76. The second-order valence-corrected chi connectivity index (χ2v) is 7.26. The van der Waals surface area contributed by atoms with E-state index < -0.39 is 0 Å². The summed E-state index contributed by atoms with van der Waals surface area (Å²) in [5, 5.41) is 3.83. The van der Waals surface area contributed by atoms with Crippen LogP contribution in [-0.4, -0.2) is 52.0 Å². The molecule has 1 aliphatic heterocycles. The predicted octanol–water partition coefficient (Wildman–Crippen LogP) is 3.47. The Bertz CT molecular complexity index is 894. The van der Waals surface area contributed by atoms with Gasteiger partial charge in [-0.2, -0.15) is 4.98 Å². The van der Waals surface area contributed by atoms with Crippen LogP contribution in [-0.2, 0) is 6.54 Å². The van der Waals surface area contributed by atoms with Gasteiger partial charge in [0.25, 0.3) is 5.91 Å². The summed E-state index contributed by atoms with van der Waals surface area (Å²) in [6.45, 7) is 2.91. The van der Waals surface area contributed by atoms with Gasteiger partial charge in [-0.25, -0.2) is 0 Å². The van der Waals surface area contributed by atoms with Crippen molar-refractivity contribution in [2.24, 2.45) is 0 Å². The average Bonchev–Trinajstić information content (AvgIpc) is 3.29. The van der Waals surface area contributed by atoms with Crippen molar-refractivity contribution in [1.82, 2.24) is 19.9 Å². The molecule has 3 aromatic rings. The monoisotopic (exact) mass is 376 g/mol. The molecule has 1 saturated heterocycles. The largest absolute Gasteiger partial charge is 0.342 e. The lowest BCUT2D eigenvalue weighted by atomic mass is 10.0. The lowest BCUT2D eigenvalue weighted by Gasteiger charge is -2.37. The number of aromatic nitrogens is 2. The Kier molecular flexibility index (Phi) is 5.48. The summed E-state index contributed by atoms with van der Waals surface area (Å²) in [5.41, 5.74) is 2.82. The molecule has 1 amide bonds. The first kappa shape index (κ1) is 18.4. The molecule has 144 valence electrons. The van der Waals surface area contributed by atoms with Gasteiger partial charge in [0, 0.05) is 37.3 Å². The summed E-state index contributed by atoms with van der Waals surface area (Å²) in [5.74, 6) is 0.572. The molecule has 1 unspecified atom stereocenters. The second kappa shape index (κ2) is 8.35. The Hall–Kier alpha value is -2.99. The van der Waals surface area contributed by atoms with Crippen LogP contribution in [0.25, 0.3) is 11.4 Å². The fourth-order valence-electron chi connectivity index (χ4n) is 3.76. The van der Waals surface area contributed by atoms with E-state index in [9.17, 15) is 4.79 Å². The van der Waals surface area contributed by atoms with Crippen molar-refractivity contribution in [2.45, 2.75) is 25.4 Å². The molecule has 0 bridgehead atoms. The maximum absolute atomic E-state index is 13.0. The van der Waals surface area contributed by atoms with E-state index in [1.807, 2.05) is 42.3 Å². The van der Waals surface area contributed by atoms with E-state index in [1.54, 1.807) is 0 Å². The Morgan fingerprint density at radius 2 is 1.96 bits per heavy atom. The third-order valence-corrected chi connectivity index (χ3v) is 5.35. The van der Waals surface area contributed by atoms with Crippen LogP contribution in [0.2, 0.25) is 0 Å². The van der Waals surface area contributed by atoms with Crippen molar-refractivity contribution in [1.29, 1.82) is 0 Å². The molecule has 4 rings (SSSR count). The number of carbonyl (C=O) groups is 1. The van der Waals surface area contributed by atoms with E-state index in [1.165, 1.54) is 12.0 Å². The minimum Gasteiger partial charge on any atom is -0.342 e. The Labute approximate surface area is 164 Å². The lowest BCUT2D eigenvalue weighted by Crippen LogP contribution is -2.48. The summed E-state index contributed by atoms with van der Waals surface area (Å²) in [6, 6.07) is 18.1. The first-order valence-electron chi connectivity index (χ1n) is 9.61. The van der Waals surface area contributed by atoms with Gasteiger partial charge < -0.3 is 9.42 Å². The fraction of sp³-hybridized carbons (Fsp3) is 0.318. The highest BCUT2D eigenvalue weighted by atomic mass is 16.5. The van der Waals surface area contributed by atoms with Crippen molar-refractivity contribution in [3.8, 4) is 11.4 Å². The zero-order valence-corrected chi connectivity index (χ0v) is 16.0. The highest BCUT2D eigenvalue weighted by Crippen LogP contribution is 2.20. The zero-order valence-electron chi connectivity index (χ0n) is 16.0. The molecule has 6 heteroatoms. The summed E-state index contributed by atoms with van der Waals surface area (Å²) in [4.78, 5) is 21.3. The highest BCUT2D eigenvalue weighted by Gasteiger charge is 2.26. The van der Waals surface area contributed by atoms with Crippen LogP contribution in [0.1, 0.15) is 28.8 Å². The van der Waals surface area contributed by atoms with Crippen LogP contribution < -0.4 is 0 Å². The van der Waals surface area contributed by atoms with Crippen molar-refractivity contribution >= 4 is 5.91 Å². The van der Waals surface area contributed by atoms with Crippen LogP contribution in [0.4, 0.5) is 0 Å². The summed E-state index contributed by atoms with van der Waals surface area (Å²) in [6.07, 6.45) is 3.44. The van der Waals surface area contributed by atoms with Gasteiger partial charge in [-0.3, -0.25) is 9.69 Å². The molecule has 1 aromatic heterocycles. The lowest BCUT2D eigenvalue weighted by molar-refractivity contribution is 0.0609.